The quantitative estimate of drug-likeness (QED) is 0.684. The van der Waals surface area contributed by atoms with Gasteiger partial charge in [0.2, 0.25) is 11.1 Å². The maximum Gasteiger partial charge on any atom is 0.234 e. The van der Waals surface area contributed by atoms with Crippen molar-refractivity contribution < 1.29 is 4.79 Å². The number of rotatable bonds is 6. The largest absolute Gasteiger partial charge is 0.327 e. The highest BCUT2D eigenvalue weighted by atomic mass is 32.2. The van der Waals surface area contributed by atoms with Crippen LogP contribution in [0.2, 0.25) is 0 Å². The summed E-state index contributed by atoms with van der Waals surface area (Å²) in [5.74, 6) is 1.51. The highest BCUT2D eigenvalue weighted by Crippen LogP contribution is 2.33. The number of carbonyl (C=O) groups is 1. The molecule has 1 aromatic heterocycles. The molecule has 3 rings (SSSR count). The third-order valence-electron chi connectivity index (χ3n) is 5.39. The lowest BCUT2D eigenvalue weighted by Crippen LogP contribution is -2.44. The van der Waals surface area contributed by atoms with E-state index in [0.717, 1.165) is 24.4 Å². The van der Waals surface area contributed by atoms with Crippen LogP contribution in [-0.4, -0.2) is 43.9 Å². The summed E-state index contributed by atoms with van der Waals surface area (Å²) in [4.78, 5) is 18.8. The normalized spacial score (nSPS) is 15.2. The fraction of sp³-hybridized carbons (Fsp3) is 0.524. The molecule has 0 unspecified atom stereocenters. The highest BCUT2D eigenvalue weighted by Gasteiger charge is 2.28. The van der Waals surface area contributed by atoms with Gasteiger partial charge < -0.3 is 4.90 Å². The van der Waals surface area contributed by atoms with E-state index in [4.69, 9.17) is 10.1 Å². The fourth-order valence-electron chi connectivity index (χ4n) is 3.36. The zero-order valence-corrected chi connectivity index (χ0v) is 17.6. The molecule has 0 N–H and O–H groups in total. The van der Waals surface area contributed by atoms with E-state index < -0.39 is 5.54 Å². The van der Waals surface area contributed by atoms with Crippen LogP contribution in [0.1, 0.15) is 57.7 Å². The Kier molecular flexibility index (Phi) is 6.40. The molecule has 1 heterocycles. The van der Waals surface area contributed by atoms with Crippen molar-refractivity contribution in [1.29, 1.82) is 5.26 Å². The van der Waals surface area contributed by atoms with Gasteiger partial charge in [0.25, 0.3) is 0 Å². The molecule has 0 atom stereocenters. The minimum absolute atomic E-state index is 0.105. The van der Waals surface area contributed by atoms with Crippen LogP contribution in [0.25, 0.3) is 5.69 Å². The maximum absolute atomic E-state index is 12.5. The zero-order chi connectivity index (χ0) is 20.1. The van der Waals surface area contributed by atoms with Gasteiger partial charge in [-0.05, 0) is 38.8 Å². The average molecular weight is 398 g/mol. The van der Waals surface area contributed by atoms with E-state index in [-0.39, 0.29) is 11.7 Å². The van der Waals surface area contributed by atoms with Gasteiger partial charge in [-0.15, -0.1) is 5.10 Å². The molecule has 1 aromatic carbocycles. The summed E-state index contributed by atoms with van der Waals surface area (Å²) < 4.78 is 1.94. The lowest BCUT2D eigenvalue weighted by Gasteiger charge is -2.28. The van der Waals surface area contributed by atoms with Crippen molar-refractivity contribution in [3.63, 3.8) is 0 Å². The molecule has 0 spiro atoms. The van der Waals surface area contributed by atoms with E-state index in [2.05, 4.69) is 6.07 Å². The van der Waals surface area contributed by atoms with Gasteiger partial charge >= 0.3 is 0 Å². The molecule has 7 heteroatoms. The van der Waals surface area contributed by atoms with Crippen molar-refractivity contribution in [3.05, 3.63) is 36.2 Å². The summed E-state index contributed by atoms with van der Waals surface area (Å²) in [7, 11) is 1.66. The predicted molar refractivity (Wildman–Crippen MR) is 110 cm³/mol. The molecule has 28 heavy (non-hydrogen) atoms. The number of benzene rings is 1. The molecule has 148 valence electrons. The number of aromatic nitrogens is 3. The Morgan fingerprint density at radius 3 is 2.61 bits per heavy atom. The van der Waals surface area contributed by atoms with Crippen LogP contribution < -0.4 is 0 Å². The summed E-state index contributed by atoms with van der Waals surface area (Å²) >= 11 is 1.33. The van der Waals surface area contributed by atoms with E-state index in [0.29, 0.717) is 11.1 Å². The minimum atomic E-state index is -0.832. The maximum atomic E-state index is 12.5. The molecule has 2 aromatic rings. The Labute approximate surface area is 170 Å². The summed E-state index contributed by atoms with van der Waals surface area (Å²) in [5.41, 5.74) is 0.165. The van der Waals surface area contributed by atoms with E-state index in [1.807, 2.05) is 35.0 Å². The van der Waals surface area contributed by atoms with Crippen molar-refractivity contribution in [2.45, 2.75) is 62.6 Å². The van der Waals surface area contributed by atoms with E-state index in [1.54, 1.807) is 20.9 Å². The molecule has 0 saturated heterocycles. The summed E-state index contributed by atoms with van der Waals surface area (Å²) in [6.45, 7) is 3.47. The van der Waals surface area contributed by atoms with Crippen LogP contribution in [0.15, 0.2) is 35.5 Å². The molecule has 1 aliphatic carbocycles. The monoisotopic (exact) mass is 397 g/mol. The highest BCUT2D eigenvalue weighted by molar-refractivity contribution is 7.99. The van der Waals surface area contributed by atoms with Crippen molar-refractivity contribution >= 4 is 17.7 Å². The van der Waals surface area contributed by atoms with Gasteiger partial charge in [-0.1, -0.05) is 49.2 Å². The first-order valence-corrected chi connectivity index (χ1v) is 10.7. The number of amides is 1. The van der Waals surface area contributed by atoms with Gasteiger partial charge in [-0.2, -0.15) is 5.26 Å². The lowest BCUT2D eigenvalue weighted by atomic mass is 9.88. The Morgan fingerprint density at radius 1 is 1.29 bits per heavy atom. The number of carbonyl (C=O) groups excluding carboxylic acids is 1. The summed E-state index contributed by atoms with van der Waals surface area (Å²) in [6.07, 6.45) is 6.00. The van der Waals surface area contributed by atoms with Gasteiger partial charge in [0.05, 0.1) is 17.5 Å². The third kappa shape index (κ3) is 4.56. The Balaban J connectivity index is 1.79. The fourth-order valence-corrected chi connectivity index (χ4v) is 4.10. The smallest absolute Gasteiger partial charge is 0.234 e. The van der Waals surface area contributed by atoms with Crippen molar-refractivity contribution in [2.75, 3.05) is 12.8 Å². The minimum Gasteiger partial charge on any atom is -0.327 e. The van der Waals surface area contributed by atoms with Crippen LogP contribution in [0.4, 0.5) is 0 Å². The SMILES string of the molecule is CN(C(=O)CSc1nc(C2CCCCC2)n(-c2ccccc2)n1)C(C)(C)C#N. The predicted octanol–water partition coefficient (Wildman–Crippen LogP) is 4.17. The third-order valence-corrected chi connectivity index (χ3v) is 6.22. The Bertz CT molecular complexity index is 849. The molecule has 1 fully saturated rings. The van der Waals surface area contributed by atoms with Crippen LogP contribution in [0.3, 0.4) is 0 Å². The molecular formula is C21H27N5OS. The standard InChI is InChI=1S/C21H27N5OS/c1-21(2,15-22)25(3)18(27)14-28-20-23-19(16-10-6-4-7-11-16)26(24-20)17-12-8-5-9-13-17/h5,8-9,12-13,16H,4,6-7,10-11,14H2,1-3H3. The van der Waals surface area contributed by atoms with Gasteiger partial charge in [0, 0.05) is 13.0 Å². The molecule has 0 aliphatic heterocycles. The van der Waals surface area contributed by atoms with E-state index in [1.165, 1.54) is 35.9 Å². The summed E-state index contributed by atoms with van der Waals surface area (Å²) in [5, 5.41) is 14.5. The van der Waals surface area contributed by atoms with Crippen LogP contribution in [0, 0.1) is 11.3 Å². The molecule has 0 radical (unpaired) electrons. The van der Waals surface area contributed by atoms with Crippen molar-refractivity contribution in [2.24, 2.45) is 0 Å². The molecule has 1 aliphatic rings. The molecule has 0 bridgehead atoms. The van der Waals surface area contributed by atoms with Crippen LogP contribution in [0.5, 0.6) is 0 Å². The van der Waals surface area contributed by atoms with Crippen molar-refractivity contribution in [1.82, 2.24) is 19.7 Å². The topological polar surface area (TPSA) is 74.8 Å². The first-order chi connectivity index (χ1) is 13.4. The molecular weight excluding hydrogens is 370 g/mol. The number of nitriles is 1. The average Bonchev–Trinajstić information content (AvgIpc) is 3.17. The second-order valence-corrected chi connectivity index (χ2v) is 8.69. The lowest BCUT2D eigenvalue weighted by molar-refractivity contribution is -0.130. The first kappa shape index (κ1) is 20.4. The van der Waals surface area contributed by atoms with Gasteiger partial charge in [-0.25, -0.2) is 9.67 Å². The van der Waals surface area contributed by atoms with E-state index >= 15 is 0 Å². The number of nitrogens with zero attached hydrogens (tertiary/aromatic N) is 5. The number of hydrogen-bond acceptors (Lipinski definition) is 5. The first-order valence-electron chi connectivity index (χ1n) is 9.75. The van der Waals surface area contributed by atoms with Gasteiger partial charge in [-0.3, -0.25) is 4.79 Å². The number of para-hydroxylation sites is 1. The zero-order valence-electron chi connectivity index (χ0n) is 16.8. The van der Waals surface area contributed by atoms with Crippen molar-refractivity contribution in [3.8, 4) is 11.8 Å². The molecule has 6 nitrogen and oxygen atoms in total. The van der Waals surface area contributed by atoms with Crippen LogP contribution in [-0.2, 0) is 4.79 Å². The second-order valence-electron chi connectivity index (χ2n) is 7.75. The van der Waals surface area contributed by atoms with Crippen LogP contribution >= 0.6 is 11.8 Å². The van der Waals surface area contributed by atoms with Gasteiger partial charge in [0.15, 0.2) is 0 Å². The Morgan fingerprint density at radius 2 is 1.96 bits per heavy atom. The molecule has 1 amide bonds. The second kappa shape index (κ2) is 8.78. The Hall–Kier alpha value is -2.33. The van der Waals surface area contributed by atoms with E-state index in [9.17, 15) is 10.1 Å². The van der Waals surface area contributed by atoms with Gasteiger partial charge in [0.1, 0.15) is 11.4 Å². The number of hydrogen-bond donors (Lipinski definition) is 0. The number of thioether (sulfide) groups is 1. The summed E-state index contributed by atoms with van der Waals surface area (Å²) in [6, 6.07) is 12.2. The molecule has 1 saturated carbocycles.